The molecule has 3 rings (SSSR count). The average molecular weight is 355 g/mol. The molecule has 2 aromatic rings. The quantitative estimate of drug-likeness (QED) is 0.844. The van der Waals surface area contributed by atoms with Crippen LogP contribution in [0.4, 0.5) is 4.39 Å². The molecule has 2 unspecified atom stereocenters. The van der Waals surface area contributed by atoms with Crippen LogP contribution in [0.1, 0.15) is 23.2 Å². The van der Waals surface area contributed by atoms with Crippen LogP contribution in [0.5, 0.6) is 0 Å². The van der Waals surface area contributed by atoms with Crippen molar-refractivity contribution in [2.24, 2.45) is 0 Å². The van der Waals surface area contributed by atoms with Gasteiger partial charge in [0.2, 0.25) is 5.91 Å². The Bertz CT molecular complexity index is 750. The Labute approximate surface area is 154 Å². The Hall–Kier alpha value is -2.24. The lowest BCUT2D eigenvalue weighted by Gasteiger charge is -2.41. The van der Waals surface area contributed by atoms with E-state index in [9.17, 15) is 9.18 Å². The number of halogens is 1. The maximum atomic E-state index is 14.3. The van der Waals surface area contributed by atoms with Crippen molar-refractivity contribution >= 4 is 5.91 Å². The van der Waals surface area contributed by atoms with Gasteiger partial charge in [-0.3, -0.25) is 14.6 Å². The normalized spacial score (nSPS) is 19.6. The topological polar surface area (TPSA) is 26.8 Å². The third-order valence-electron chi connectivity index (χ3n) is 5.09. The summed E-state index contributed by atoms with van der Waals surface area (Å²) in [5.74, 6) is -0.151. The third-order valence-corrected chi connectivity index (χ3v) is 5.09. The Balaban J connectivity index is 1.84. The zero-order valence-corrected chi connectivity index (χ0v) is 15.6. The number of piperazine rings is 1. The third kappa shape index (κ3) is 3.79. The Morgan fingerprint density at radius 3 is 2.38 bits per heavy atom. The van der Waals surface area contributed by atoms with Crippen molar-refractivity contribution in [1.29, 1.82) is 0 Å². The van der Waals surface area contributed by atoms with Crippen LogP contribution in [0, 0.1) is 5.82 Å². The molecule has 138 valence electrons. The zero-order chi connectivity index (χ0) is 18.7. The van der Waals surface area contributed by atoms with E-state index in [0.29, 0.717) is 18.7 Å². The Morgan fingerprint density at radius 2 is 1.73 bits per heavy atom. The predicted molar refractivity (Wildman–Crippen MR) is 101 cm³/mol. The second-order valence-electron chi connectivity index (χ2n) is 7.08. The number of carbonyl (C=O) groups excluding carboxylic acids is 1. The minimum absolute atomic E-state index is 0.0654. The first kappa shape index (κ1) is 18.5. The molecule has 1 aliphatic heterocycles. The highest BCUT2D eigenvalue weighted by atomic mass is 19.1. The van der Waals surface area contributed by atoms with Gasteiger partial charge in [0.05, 0.1) is 6.04 Å². The summed E-state index contributed by atoms with van der Waals surface area (Å²) in [4.78, 5) is 19.2. The van der Waals surface area contributed by atoms with E-state index in [1.165, 1.54) is 6.07 Å². The predicted octanol–water partition coefficient (Wildman–Crippen LogP) is 2.94. The van der Waals surface area contributed by atoms with E-state index in [4.69, 9.17) is 0 Å². The van der Waals surface area contributed by atoms with Gasteiger partial charge in [-0.1, -0.05) is 48.5 Å². The van der Waals surface area contributed by atoms with Crippen LogP contribution >= 0.6 is 0 Å². The number of rotatable bonds is 4. The fraction of sp³-hybridized carbons (Fsp3) is 0.381. The lowest BCUT2D eigenvalue weighted by atomic mass is 10.00. The maximum Gasteiger partial charge on any atom is 0.244 e. The standard InChI is InChI=1S/C21H26FN3O/c1-23(2)20(16-9-5-4-6-10-16)21(26)25-14-13-24(3)19(15-25)17-11-7-8-12-18(17)22/h4-12,19-20H,13-15H2,1-3H3. The lowest BCUT2D eigenvalue weighted by molar-refractivity contribution is -0.139. The largest absolute Gasteiger partial charge is 0.338 e. The van der Waals surface area contributed by atoms with Crippen molar-refractivity contribution in [2.45, 2.75) is 12.1 Å². The van der Waals surface area contributed by atoms with Crippen molar-refractivity contribution in [3.05, 3.63) is 71.5 Å². The first-order valence-corrected chi connectivity index (χ1v) is 8.94. The molecule has 1 fully saturated rings. The second kappa shape index (κ2) is 7.98. The highest BCUT2D eigenvalue weighted by Gasteiger charge is 2.34. The molecule has 2 aromatic carbocycles. The van der Waals surface area contributed by atoms with Crippen LogP contribution in [0.25, 0.3) is 0 Å². The van der Waals surface area contributed by atoms with E-state index in [-0.39, 0.29) is 23.8 Å². The SMILES string of the molecule is CN(C)C(C(=O)N1CCN(C)C(c2ccccc2F)C1)c1ccccc1. The van der Waals surface area contributed by atoms with Gasteiger partial charge < -0.3 is 4.90 Å². The van der Waals surface area contributed by atoms with E-state index >= 15 is 0 Å². The van der Waals surface area contributed by atoms with E-state index in [0.717, 1.165) is 12.1 Å². The number of hydrogen-bond donors (Lipinski definition) is 0. The van der Waals surface area contributed by atoms with Crippen molar-refractivity contribution in [2.75, 3.05) is 40.8 Å². The number of hydrogen-bond acceptors (Lipinski definition) is 3. The van der Waals surface area contributed by atoms with E-state index in [1.807, 2.05) is 73.4 Å². The average Bonchev–Trinajstić information content (AvgIpc) is 2.63. The molecule has 1 heterocycles. The summed E-state index contributed by atoms with van der Waals surface area (Å²) in [6.07, 6.45) is 0. The molecule has 26 heavy (non-hydrogen) atoms. The molecule has 4 nitrogen and oxygen atoms in total. The fourth-order valence-corrected chi connectivity index (χ4v) is 3.62. The summed E-state index contributed by atoms with van der Waals surface area (Å²) in [6.45, 7) is 1.87. The van der Waals surface area contributed by atoms with Gasteiger partial charge in [-0.25, -0.2) is 4.39 Å². The fourth-order valence-electron chi connectivity index (χ4n) is 3.62. The highest BCUT2D eigenvalue weighted by Crippen LogP contribution is 2.29. The van der Waals surface area contributed by atoms with Crippen molar-refractivity contribution in [3.8, 4) is 0 Å². The summed E-state index contributed by atoms with van der Waals surface area (Å²) in [6, 6.07) is 16.2. The Morgan fingerprint density at radius 1 is 1.08 bits per heavy atom. The summed E-state index contributed by atoms with van der Waals surface area (Å²) < 4.78 is 14.3. The molecule has 0 aromatic heterocycles. The minimum atomic E-state index is -0.333. The summed E-state index contributed by atoms with van der Waals surface area (Å²) in [7, 11) is 5.82. The van der Waals surface area contributed by atoms with Gasteiger partial charge in [0.1, 0.15) is 11.9 Å². The molecule has 1 saturated heterocycles. The van der Waals surface area contributed by atoms with Crippen LogP contribution in [0.2, 0.25) is 0 Å². The molecule has 0 N–H and O–H groups in total. The van der Waals surface area contributed by atoms with Gasteiger partial charge in [0.15, 0.2) is 0 Å². The van der Waals surface area contributed by atoms with Gasteiger partial charge in [0, 0.05) is 25.2 Å². The number of benzene rings is 2. The van der Waals surface area contributed by atoms with Crippen LogP contribution in [0.3, 0.4) is 0 Å². The van der Waals surface area contributed by atoms with Crippen LogP contribution in [-0.4, -0.2) is 61.4 Å². The van der Waals surface area contributed by atoms with Gasteiger partial charge in [-0.05, 0) is 32.8 Å². The molecule has 5 heteroatoms. The smallest absolute Gasteiger partial charge is 0.244 e. The van der Waals surface area contributed by atoms with E-state index in [2.05, 4.69) is 4.90 Å². The molecule has 1 aliphatic rings. The lowest BCUT2D eigenvalue weighted by Crippen LogP contribution is -2.51. The molecule has 0 saturated carbocycles. The number of likely N-dealkylation sites (N-methyl/N-ethyl adjacent to an activating group) is 2. The zero-order valence-electron chi connectivity index (χ0n) is 15.6. The maximum absolute atomic E-state index is 14.3. The summed E-state index contributed by atoms with van der Waals surface area (Å²) in [5.41, 5.74) is 1.62. The molecule has 0 bridgehead atoms. The van der Waals surface area contributed by atoms with Crippen LogP contribution in [-0.2, 0) is 4.79 Å². The summed E-state index contributed by atoms with van der Waals surface area (Å²) in [5, 5.41) is 0. The van der Waals surface area contributed by atoms with Gasteiger partial charge >= 0.3 is 0 Å². The second-order valence-corrected chi connectivity index (χ2v) is 7.08. The molecule has 2 atom stereocenters. The molecule has 0 spiro atoms. The highest BCUT2D eigenvalue weighted by molar-refractivity contribution is 5.83. The number of amides is 1. The van der Waals surface area contributed by atoms with Crippen molar-refractivity contribution in [1.82, 2.24) is 14.7 Å². The minimum Gasteiger partial charge on any atom is -0.338 e. The summed E-state index contributed by atoms with van der Waals surface area (Å²) >= 11 is 0. The molecular formula is C21H26FN3O. The molecule has 0 aliphatic carbocycles. The monoisotopic (exact) mass is 355 g/mol. The molecular weight excluding hydrogens is 329 g/mol. The van der Waals surface area contributed by atoms with Crippen LogP contribution in [0.15, 0.2) is 54.6 Å². The number of nitrogens with zero attached hydrogens (tertiary/aromatic N) is 3. The van der Waals surface area contributed by atoms with Crippen molar-refractivity contribution < 1.29 is 9.18 Å². The number of carbonyl (C=O) groups is 1. The van der Waals surface area contributed by atoms with Crippen molar-refractivity contribution in [3.63, 3.8) is 0 Å². The molecule has 1 amide bonds. The Kier molecular flexibility index (Phi) is 5.69. The van der Waals surface area contributed by atoms with Gasteiger partial charge in [-0.15, -0.1) is 0 Å². The van der Waals surface area contributed by atoms with Gasteiger partial charge in [-0.2, -0.15) is 0 Å². The molecule has 0 radical (unpaired) electrons. The van der Waals surface area contributed by atoms with Gasteiger partial charge in [0.25, 0.3) is 0 Å². The van der Waals surface area contributed by atoms with E-state index < -0.39 is 0 Å². The first-order valence-electron chi connectivity index (χ1n) is 8.94. The van der Waals surface area contributed by atoms with E-state index in [1.54, 1.807) is 6.07 Å². The van der Waals surface area contributed by atoms with Crippen LogP contribution < -0.4 is 0 Å². The first-order chi connectivity index (χ1) is 12.5.